The van der Waals surface area contributed by atoms with Gasteiger partial charge in [-0.2, -0.15) is 0 Å². The molecule has 2 N–H and O–H groups in total. The lowest BCUT2D eigenvalue weighted by molar-refractivity contribution is 0.0685. The van der Waals surface area contributed by atoms with Crippen molar-refractivity contribution in [2.45, 2.75) is 13.1 Å². The van der Waals surface area contributed by atoms with Gasteiger partial charge < -0.3 is 9.67 Å². The number of halogens is 2. The van der Waals surface area contributed by atoms with Crippen LogP contribution in [-0.2, 0) is 23.1 Å². The number of thiophene rings is 1. The van der Waals surface area contributed by atoms with Crippen molar-refractivity contribution in [2.24, 2.45) is 0 Å². The maximum atomic E-state index is 14.7. The summed E-state index contributed by atoms with van der Waals surface area (Å²) in [6, 6.07) is 8.59. The quantitative estimate of drug-likeness (QED) is 0.466. The van der Waals surface area contributed by atoms with Crippen LogP contribution in [-0.4, -0.2) is 30.3 Å². The zero-order chi connectivity index (χ0) is 21.6. The highest BCUT2D eigenvalue weighted by atomic mass is 32.2. The summed E-state index contributed by atoms with van der Waals surface area (Å²) in [5.74, 6) is -2.39. The normalized spacial score (nSPS) is 12.1. The molecule has 4 rings (SSSR count). The summed E-state index contributed by atoms with van der Waals surface area (Å²) in [6.45, 7) is -0.312. The number of nitrogens with zero attached hydrogens (tertiary/aromatic N) is 1. The Kier molecular flexibility index (Phi) is 5.08. The SMILES string of the molecule is CS(=O)(=O)NCc1c(C(=O)O)n(Cc2csc3ccc(F)cc23)c2cccc(F)c12. The van der Waals surface area contributed by atoms with E-state index in [-0.39, 0.29) is 29.7 Å². The lowest BCUT2D eigenvalue weighted by atomic mass is 10.1. The highest BCUT2D eigenvalue weighted by Crippen LogP contribution is 2.33. The van der Waals surface area contributed by atoms with E-state index in [9.17, 15) is 27.1 Å². The molecule has 2 aromatic carbocycles. The molecular formula is C20H16F2N2O4S2. The number of sulfonamides is 1. The Morgan fingerprint density at radius 2 is 2.00 bits per heavy atom. The molecule has 0 amide bonds. The second kappa shape index (κ2) is 7.46. The van der Waals surface area contributed by atoms with E-state index in [1.165, 1.54) is 40.2 Å². The average molecular weight is 450 g/mol. The first-order valence-electron chi connectivity index (χ1n) is 8.79. The molecule has 0 unspecified atom stereocenters. The molecule has 0 radical (unpaired) electrons. The molecule has 10 heteroatoms. The second-order valence-corrected chi connectivity index (χ2v) is 9.59. The third-order valence-electron chi connectivity index (χ3n) is 4.80. The van der Waals surface area contributed by atoms with Crippen molar-refractivity contribution in [3.8, 4) is 0 Å². The first kappa shape index (κ1) is 20.5. The van der Waals surface area contributed by atoms with Gasteiger partial charge in [0.25, 0.3) is 0 Å². The van der Waals surface area contributed by atoms with Gasteiger partial charge in [-0.1, -0.05) is 6.07 Å². The van der Waals surface area contributed by atoms with Gasteiger partial charge in [0, 0.05) is 34.1 Å². The van der Waals surface area contributed by atoms with Crippen molar-refractivity contribution in [3.05, 3.63) is 70.2 Å². The molecule has 0 aliphatic rings. The topological polar surface area (TPSA) is 88.4 Å². The van der Waals surface area contributed by atoms with Gasteiger partial charge in [-0.05, 0) is 41.3 Å². The van der Waals surface area contributed by atoms with E-state index in [1.54, 1.807) is 17.5 Å². The lowest BCUT2D eigenvalue weighted by Gasteiger charge is -2.09. The third kappa shape index (κ3) is 3.69. The Hall–Kier alpha value is -2.82. The van der Waals surface area contributed by atoms with E-state index in [2.05, 4.69) is 4.72 Å². The molecule has 2 heterocycles. The Morgan fingerprint density at radius 1 is 1.23 bits per heavy atom. The molecule has 0 aliphatic carbocycles. The number of rotatable bonds is 6. The summed E-state index contributed by atoms with van der Waals surface area (Å²) < 4.78 is 56.0. The predicted molar refractivity (Wildman–Crippen MR) is 111 cm³/mol. The van der Waals surface area contributed by atoms with Crippen molar-refractivity contribution in [2.75, 3.05) is 6.26 Å². The maximum absolute atomic E-state index is 14.7. The molecule has 156 valence electrons. The fourth-order valence-electron chi connectivity index (χ4n) is 3.57. The fraction of sp³-hybridized carbons (Fsp3) is 0.150. The summed E-state index contributed by atoms with van der Waals surface area (Å²) in [7, 11) is -3.64. The van der Waals surface area contributed by atoms with E-state index in [4.69, 9.17) is 0 Å². The Bertz CT molecular complexity index is 1410. The van der Waals surface area contributed by atoms with Gasteiger partial charge in [0.15, 0.2) is 0 Å². The van der Waals surface area contributed by atoms with Gasteiger partial charge in [-0.25, -0.2) is 26.7 Å². The van der Waals surface area contributed by atoms with Crippen LogP contribution in [0.1, 0.15) is 21.6 Å². The van der Waals surface area contributed by atoms with Crippen molar-refractivity contribution < 1.29 is 27.1 Å². The summed E-state index contributed by atoms with van der Waals surface area (Å²) in [6.07, 6.45) is 0.940. The number of nitrogens with one attached hydrogen (secondary N) is 1. The molecule has 4 aromatic rings. The standard InChI is InChI=1S/C20H16F2N2O4S2/c1-30(27,28)23-8-14-18-15(22)3-2-4-16(18)24(19(14)20(25)26)9-11-10-29-17-6-5-12(21)7-13(11)17/h2-7,10,23H,8-9H2,1H3,(H,25,26). The minimum Gasteiger partial charge on any atom is -0.477 e. The molecular weight excluding hydrogens is 434 g/mol. The summed E-state index contributed by atoms with van der Waals surface area (Å²) in [5.41, 5.74) is 0.808. The molecule has 0 aliphatic heterocycles. The highest BCUT2D eigenvalue weighted by Gasteiger charge is 2.25. The molecule has 6 nitrogen and oxygen atoms in total. The van der Waals surface area contributed by atoms with Crippen LogP contribution in [0.5, 0.6) is 0 Å². The van der Waals surface area contributed by atoms with Gasteiger partial charge in [-0.15, -0.1) is 11.3 Å². The van der Waals surface area contributed by atoms with Crippen LogP contribution in [0.3, 0.4) is 0 Å². The van der Waals surface area contributed by atoms with Crippen LogP contribution in [0.2, 0.25) is 0 Å². The van der Waals surface area contributed by atoms with E-state index in [0.717, 1.165) is 11.0 Å². The van der Waals surface area contributed by atoms with E-state index >= 15 is 0 Å². The molecule has 0 spiro atoms. The smallest absolute Gasteiger partial charge is 0.352 e. The van der Waals surface area contributed by atoms with Gasteiger partial charge >= 0.3 is 5.97 Å². The number of benzene rings is 2. The third-order valence-corrected chi connectivity index (χ3v) is 6.48. The molecule has 0 bridgehead atoms. The first-order chi connectivity index (χ1) is 14.2. The summed E-state index contributed by atoms with van der Waals surface area (Å²) in [4.78, 5) is 12.1. The maximum Gasteiger partial charge on any atom is 0.352 e. The number of carboxylic acid groups (broad SMARTS) is 1. The van der Waals surface area contributed by atoms with Crippen LogP contribution in [0, 0.1) is 11.6 Å². The van der Waals surface area contributed by atoms with Gasteiger partial charge in [-0.3, -0.25) is 0 Å². The Labute approximate surface area is 174 Å². The highest BCUT2D eigenvalue weighted by molar-refractivity contribution is 7.88. The summed E-state index contributed by atoms with van der Waals surface area (Å²) in [5, 5.41) is 12.4. The van der Waals surface area contributed by atoms with Crippen LogP contribution < -0.4 is 4.72 Å². The number of carboxylic acids is 1. The zero-order valence-electron chi connectivity index (χ0n) is 15.6. The van der Waals surface area contributed by atoms with Crippen molar-refractivity contribution in [1.82, 2.24) is 9.29 Å². The van der Waals surface area contributed by atoms with Crippen molar-refractivity contribution in [3.63, 3.8) is 0 Å². The fourth-order valence-corrected chi connectivity index (χ4v) is 4.91. The van der Waals surface area contributed by atoms with Gasteiger partial charge in [0.05, 0.1) is 11.8 Å². The lowest BCUT2D eigenvalue weighted by Crippen LogP contribution is -2.23. The number of aromatic carboxylic acids is 1. The zero-order valence-corrected chi connectivity index (χ0v) is 17.3. The number of hydrogen-bond donors (Lipinski definition) is 2. The molecule has 0 atom stereocenters. The molecule has 0 saturated heterocycles. The van der Waals surface area contributed by atoms with E-state index in [1.807, 2.05) is 0 Å². The molecule has 2 aromatic heterocycles. The van der Waals surface area contributed by atoms with Crippen molar-refractivity contribution in [1.29, 1.82) is 0 Å². The van der Waals surface area contributed by atoms with Crippen LogP contribution >= 0.6 is 11.3 Å². The van der Waals surface area contributed by atoms with Crippen LogP contribution in [0.4, 0.5) is 8.78 Å². The van der Waals surface area contributed by atoms with Crippen LogP contribution in [0.15, 0.2) is 41.8 Å². The Balaban J connectivity index is 1.94. The minimum absolute atomic E-state index is 0.0340. The average Bonchev–Trinajstić information content (AvgIpc) is 3.19. The van der Waals surface area contributed by atoms with Crippen molar-refractivity contribution >= 4 is 48.3 Å². The van der Waals surface area contributed by atoms with E-state index in [0.29, 0.717) is 16.5 Å². The number of aromatic nitrogens is 1. The minimum atomic E-state index is -3.64. The summed E-state index contributed by atoms with van der Waals surface area (Å²) >= 11 is 1.39. The predicted octanol–water partition coefficient (Wildman–Crippen LogP) is 3.93. The molecule has 0 fully saturated rings. The van der Waals surface area contributed by atoms with E-state index < -0.39 is 27.6 Å². The van der Waals surface area contributed by atoms with Gasteiger partial charge in [0.1, 0.15) is 17.3 Å². The molecule has 0 saturated carbocycles. The molecule has 30 heavy (non-hydrogen) atoms. The Morgan fingerprint density at radius 3 is 2.70 bits per heavy atom. The number of hydrogen-bond acceptors (Lipinski definition) is 4. The monoisotopic (exact) mass is 450 g/mol. The first-order valence-corrected chi connectivity index (χ1v) is 11.6. The number of fused-ring (bicyclic) bond motifs is 2. The van der Waals surface area contributed by atoms with Gasteiger partial charge in [0.2, 0.25) is 10.0 Å². The number of carbonyl (C=O) groups is 1. The second-order valence-electron chi connectivity index (χ2n) is 6.85. The largest absolute Gasteiger partial charge is 0.477 e. The van der Waals surface area contributed by atoms with Crippen LogP contribution in [0.25, 0.3) is 21.0 Å².